The summed E-state index contributed by atoms with van der Waals surface area (Å²) in [7, 11) is 21.4. The van der Waals surface area contributed by atoms with E-state index in [-0.39, 0.29) is 0 Å². The minimum absolute atomic E-state index is 0.307. The van der Waals surface area contributed by atoms with Gasteiger partial charge in [-0.25, -0.2) is 0 Å². The van der Waals surface area contributed by atoms with E-state index in [1.807, 2.05) is 0 Å². The summed E-state index contributed by atoms with van der Waals surface area (Å²) in [5, 5.41) is 0. The van der Waals surface area contributed by atoms with Crippen LogP contribution in [0.2, 0.25) is 0 Å². The van der Waals surface area contributed by atoms with Gasteiger partial charge in [-0.05, 0) is 52.8 Å². The summed E-state index contributed by atoms with van der Waals surface area (Å²) in [6.45, 7) is 0. The van der Waals surface area contributed by atoms with Crippen LogP contribution in [-0.4, -0.2) is 37.8 Å². The van der Waals surface area contributed by atoms with E-state index in [0.29, 0.717) is 50.9 Å². The van der Waals surface area contributed by atoms with Gasteiger partial charge in [0, 0.05) is 0 Å². The largest absolute Gasteiger partial charge is 0.497 e. The maximum absolute atomic E-state index is 6.23. The molecule has 0 atom stereocenters. The Kier molecular flexibility index (Phi) is 5.70. The fraction of sp³-hybridized carbons (Fsp3) is 0.100. The van der Waals surface area contributed by atoms with Gasteiger partial charge in [-0.1, -0.05) is 18.2 Å². The molecule has 0 N–H and O–H groups in total. The van der Waals surface area contributed by atoms with E-state index in [1.165, 1.54) is 14.2 Å². The van der Waals surface area contributed by atoms with Crippen molar-refractivity contribution in [3.05, 3.63) is 54.6 Å². The predicted octanol–water partition coefficient (Wildman–Crippen LogP) is 1.67. The van der Waals surface area contributed by atoms with Crippen LogP contribution < -0.4 is 35.3 Å². The Hall–Kier alpha value is -2.95. The second kappa shape index (κ2) is 8.17. The maximum Gasteiger partial charge on any atom is 0.124 e. The minimum Gasteiger partial charge on any atom is -0.497 e. The molecule has 6 radical (unpaired) electrons. The zero-order chi connectivity index (χ0) is 19.4. The van der Waals surface area contributed by atoms with Gasteiger partial charge in [-0.2, -0.15) is 0 Å². The second-order valence-electron chi connectivity index (χ2n) is 5.62. The van der Waals surface area contributed by atoms with Crippen LogP contribution in [0.15, 0.2) is 54.6 Å². The Morgan fingerprint density at radius 2 is 0.741 bits per heavy atom. The number of methoxy groups -OCH3 is 2. The van der Waals surface area contributed by atoms with Crippen molar-refractivity contribution in [1.82, 2.24) is 0 Å². The summed E-state index contributed by atoms with van der Waals surface area (Å²) in [5.41, 5.74) is 1.06. The van der Waals surface area contributed by atoms with Gasteiger partial charge < -0.3 is 18.9 Å². The summed E-state index contributed by atoms with van der Waals surface area (Å²) < 4.78 is 22.1. The second-order valence-corrected chi connectivity index (χ2v) is 5.62. The quantitative estimate of drug-likeness (QED) is 0.633. The van der Waals surface area contributed by atoms with Crippen LogP contribution in [0.5, 0.6) is 34.5 Å². The molecule has 0 aliphatic rings. The Morgan fingerprint density at radius 3 is 1.04 bits per heavy atom. The molecule has 3 aromatic rings. The molecule has 0 aromatic heterocycles. The molecule has 0 saturated heterocycles. The summed E-state index contributed by atoms with van der Waals surface area (Å²) in [4.78, 5) is 0. The molecule has 3 aromatic carbocycles. The lowest BCUT2D eigenvalue weighted by molar-refractivity contribution is 0.413. The van der Waals surface area contributed by atoms with Crippen molar-refractivity contribution in [2.75, 3.05) is 14.2 Å². The molecule has 0 amide bonds. The minimum atomic E-state index is 0.307. The van der Waals surface area contributed by atoms with Crippen LogP contribution in [0.25, 0.3) is 0 Å². The highest BCUT2D eigenvalue weighted by Gasteiger charge is 2.12. The van der Waals surface area contributed by atoms with Gasteiger partial charge in [0.05, 0.1) is 14.2 Å². The highest BCUT2D eigenvalue weighted by atomic mass is 16.5. The lowest BCUT2D eigenvalue weighted by Gasteiger charge is -2.17. The first kappa shape index (κ1) is 18.8. The zero-order valence-corrected chi connectivity index (χ0v) is 15.1. The third-order valence-corrected chi connectivity index (χ3v) is 3.96. The summed E-state index contributed by atoms with van der Waals surface area (Å²) in [5.74, 6) is 2.69. The molecule has 3 rings (SSSR count). The first-order valence-electron chi connectivity index (χ1n) is 8.14. The molecule has 0 aliphatic carbocycles. The third-order valence-electron chi connectivity index (χ3n) is 3.96. The monoisotopic (exact) mass is 352 g/mol. The van der Waals surface area contributed by atoms with Gasteiger partial charge >= 0.3 is 0 Å². The number of benzene rings is 3. The zero-order valence-electron chi connectivity index (χ0n) is 15.1. The Labute approximate surface area is 162 Å². The fourth-order valence-corrected chi connectivity index (χ4v) is 2.52. The lowest BCUT2D eigenvalue weighted by Crippen LogP contribution is -2.16. The molecule has 0 fully saturated rings. The van der Waals surface area contributed by atoms with Crippen molar-refractivity contribution in [1.29, 1.82) is 0 Å². The molecular weight excluding hydrogens is 337 g/mol. The Balaban J connectivity index is 1.91. The van der Waals surface area contributed by atoms with E-state index in [2.05, 4.69) is 0 Å². The summed E-state index contributed by atoms with van der Waals surface area (Å²) in [6.07, 6.45) is 0. The van der Waals surface area contributed by atoms with Crippen LogP contribution >= 0.6 is 0 Å². The summed E-state index contributed by atoms with van der Waals surface area (Å²) >= 11 is 0. The molecule has 4 nitrogen and oxygen atoms in total. The van der Waals surface area contributed by atoms with Crippen molar-refractivity contribution in [2.45, 2.75) is 0 Å². The molecule has 0 bridgehead atoms. The van der Waals surface area contributed by atoms with E-state index in [9.17, 15) is 0 Å². The van der Waals surface area contributed by atoms with Gasteiger partial charge in [0.15, 0.2) is 0 Å². The van der Waals surface area contributed by atoms with Crippen molar-refractivity contribution in [2.24, 2.45) is 0 Å². The molecule has 128 valence electrons. The molecule has 0 unspecified atom stereocenters. The predicted molar refractivity (Wildman–Crippen MR) is 109 cm³/mol. The van der Waals surface area contributed by atoms with E-state index < -0.39 is 0 Å². The van der Waals surface area contributed by atoms with Crippen LogP contribution in [0.4, 0.5) is 0 Å². The molecule has 7 heteroatoms. The third kappa shape index (κ3) is 3.92. The van der Waals surface area contributed by atoms with E-state index in [1.54, 1.807) is 54.6 Å². The molecule has 0 spiro atoms. The van der Waals surface area contributed by atoms with Gasteiger partial charge in [0.1, 0.15) is 58.0 Å². The first-order valence-corrected chi connectivity index (χ1v) is 8.14. The molecular formula is C20H15B3O4. The van der Waals surface area contributed by atoms with Crippen molar-refractivity contribution < 1.29 is 18.9 Å². The average molecular weight is 352 g/mol. The standard InChI is InChI=1S/C20H15B3O4/c1-24-12-6-3-8-14(18(12)21)26-16-10-5-11-17(20(16)23)27-15-9-4-7-13(25-2)19(15)22/h3-11H,1-2H3. The van der Waals surface area contributed by atoms with Crippen molar-refractivity contribution >= 4 is 39.9 Å². The van der Waals surface area contributed by atoms with Crippen LogP contribution in [-0.2, 0) is 0 Å². The van der Waals surface area contributed by atoms with Crippen molar-refractivity contribution in [3.8, 4) is 34.5 Å². The normalized spacial score (nSPS) is 10.3. The van der Waals surface area contributed by atoms with Crippen LogP contribution in [0.1, 0.15) is 0 Å². The van der Waals surface area contributed by atoms with Gasteiger partial charge in [0.25, 0.3) is 0 Å². The topological polar surface area (TPSA) is 36.9 Å². The highest BCUT2D eigenvalue weighted by Crippen LogP contribution is 2.26. The SMILES string of the molecule is [B]c1c(OC)cccc1Oc1cccc(Oc2cccc(OC)c2[B])c1[B]. The van der Waals surface area contributed by atoms with Crippen LogP contribution in [0.3, 0.4) is 0 Å². The smallest absolute Gasteiger partial charge is 0.124 e. The Morgan fingerprint density at radius 1 is 0.481 bits per heavy atom. The van der Waals surface area contributed by atoms with E-state index in [0.717, 1.165) is 0 Å². The van der Waals surface area contributed by atoms with Crippen LogP contribution in [0, 0.1) is 0 Å². The first-order chi connectivity index (χ1) is 13.0. The number of hydrogen-bond acceptors (Lipinski definition) is 4. The Bertz CT molecular complexity index is 886. The van der Waals surface area contributed by atoms with Gasteiger partial charge in [-0.15, -0.1) is 0 Å². The number of ether oxygens (including phenoxy) is 4. The summed E-state index contributed by atoms with van der Waals surface area (Å²) in [6, 6.07) is 15.7. The van der Waals surface area contributed by atoms with Crippen molar-refractivity contribution in [3.63, 3.8) is 0 Å². The molecule has 27 heavy (non-hydrogen) atoms. The lowest BCUT2D eigenvalue weighted by atomic mass is 9.91. The highest BCUT2D eigenvalue weighted by molar-refractivity contribution is 6.38. The van der Waals surface area contributed by atoms with E-state index >= 15 is 0 Å². The van der Waals surface area contributed by atoms with Gasteiger partial charge in [-0.3, -0.25) is 0 Å². The maximum atomic E-state index is 6.23. The fourth-order valence-electron chi connectivity index (χ4n) is 2.52. The van der Waals surface area contributed by atoms with E-state index in [4.69, 9.17) is 42.5 Å². The molecule has 0 saturated carbocycles. The number of hydrogen-bond donors (Lipinski definition) is 0. The molecule has 0 aliphatic heterocycles. The van der Waals surface area contributed by atoms with Gasteiger partial charge in [0.2, 0.25) is 0 Å². The molecule has 0 heterocycles. The number of rotatable bonds is 6. The average Bonchev–Trinajstić information content (AvgIpc) is 2.68.